The molecule has 1 atom stereocenters. The van der Waals surface area contributed by atoms with Crippen molar-refractivity contribution in [2.45, 2.75) is 50.9 Å². The molecule has 0 saturated carbocycles. The molecule has 106 valence electrons. The predicted octanol–water partition coefficient (Wildman–Crippen LogP) is 2.09. The predicted molar refractivity (Wildman–Crippen MR) is 71.9 cm³/mol. The number of aryl methyl sites for hydroxylation is 1. The standard InChI is InChI=1S/C15H23NO3/c1-12-4-5-13(19-12)11-16-8-6-15(7-9-16)14(17)3-2-10-18-15/h4-5,14,17H,2-3,6-11H2,1H3. The Bertz CT molecular complexity index is 421. The van der Waals surface area contributed by atoms with Crippen LogP contribution in [-0.4, -0.2) is 41.4 Å². The molecule has 19 heavy (non-hydrogen) atoms. The van der Waals surface area contributed by atoms with Crippen LogP contribution in [-0.2, 0) is 11.3 Å². The minimum atomic E-state index is -0.283. The number of hydrogen-bond donors (Lipinski definition) is 1. The van der Waals surface area contributed by atoms with Gasteiger partial charge in [0.2, 0.25) is 0 Å². The summed E-state index contributed by atoms with van der Waals surface area (Å²) in [5.74, 6) is 1.99. The smallest absolute Gasteiger partial charge is 0.118 e. The molecule has 0 bridgehead atoms. The number of piperidine rings is 1. The van der Waals surface area contributed by atoms with Crippen molar-refractivity contribution in [3.63, 3.8) is 0 Å². The van der Waals surface area contributed by atoms with Gasteiger partial charge in [-0.3, -0.25) is 4.90 Å². The van der Waals surface area contributed by atoms with Gasteiger partial charge < -0.3 is 14.3 Å². The van der Waals surface area contributed by atoms with Crippen molar-refractivity contribution < 1.29 is 14.3 Å². The number of hydrogen-bond acceptors (Lipinski definition) is 4. The van der Waals surface area contributed by atoms with Gasteiger partial charge in [0.05, 0.1) is 18.2 Å². The monoisotopic (exact) mass is 265 g/mol. The Kier molecular flexibility index (Phi) is 3.65. The number of nitrogens with zero attached hydrogens (tertiary/aromatic N) is 1. The van der Waals surface area contributed by atoms with Gasteiger partial charge in [-0.1, -0.05) is 0 Å². The molecule has 4 heteroatoms. The van der Waals surface area contributed by atoms with E-state index in [4.69, 9.17) is 9.15 Å². The maximum absolute atomic E-state index is 10.2. The van der Waals surface area contributed by atoms with Crippen LogP contribution in [0.3, 0.4) is 0 Å². The van der Waals surface area contributed by atoms with E-state index in [9.17, 15) is 5.11 Å². The third-order valence-corrected chi connectivity index (χ3v) is 4.50. The van der Waals surface area contributed by atoms with Crippen LogP contribution < -0.4 is 0 Å². The molecule has 0 aromatic carbocycles. The van der Waals surface area contributed by atoms with Gasteiger partial charge >= 0.3 is 0 Å². The van der Waals surface area contributed by atoms with Crippen LogP contribution in [0.25, 0.3) is 0 Å². The summed E-state index contributed by atoms with van der Waals surface area (Å²) in [5.41, 5.74) is -0.270. The largest absolute Gasteiger partial charge is 0.465 e. The molecule has 0 radical (unpaired) electrons. The molecule has 3 heterocycles. The lowest BCUT2D eigenvalue weighted by Crippen LogP contribution is -2.55. The third-order valence-electron chi connectivity index (χ3n) is 4.50. The molecule has 4 nitrogen and oxygen atoms in total. The Morgan fingerprint density at radius 2 is 2.16 bits per heavy atom. The van der Waals surface area contributed by atoms with Gasteiger partial charge in [-0.2, -0.15) is 0 Å². The zero-order valence-corrected chi connectivity index (χ0v) is 11.6. The van der Waals surface area contributed by atoms with Gasteiger partial charge in [-0.15, -0.1) is 0 Å². The van der Waals surface area contributed by atoms with Crippen LogP contribution >= 0.6 is 0 Å². The second-order valence-corrected chi connectivity index (χ2v) is 5.86. The van der Waals surface area contributed by atoms with Gasteiger partial charge in [0, 0.05) is 19.7 Å². The molecule has 2 saturated heterocycles. The van der Waals surface area contributed by atoms with Gasteiger partial charge in [-0.25, -0.2) is 0 Å². The van der Waals surface area contributed by atoms with Crippen molar-refractivity contribution >= 4 is 0 Å². The molecular weight excluding hydrogens is 242 g/mol. The summed E-state index contributed by atoms with van der Waals surface area (Å²) in [6, 6.07) is 4.06. The number of ether oxygens (including phenoxy) is 1. The first-order valence-corrected chi connectivity index (χ1v) is 7.28. The molecule has 1 aromatic rings. The van der Waals surface area contributed by atoms with Crippen LogP contribution in [0.5, 0.6) is 0 Å². The van der Waals surface area contributed by atoms with E-state index >= 15 is 0 Å². The van der Waals surface area contributed by atoms with Crippen molar-refractivity contribution in [3.05, 3.63) is 23.7 Å². The number of furan rings is 1. The first kappa shape index (κ1) is 13.2. The SMILES string of the molecule is Cc1ccc(CN2CCC3(CC2)OCCCC3O)o1. The fourth-order valence-corrected chi connectivity index (χ4v) is 3.27. The fraction of sp³-hybridized carbons (Fsp3) is 0.733. The Morgan fingerprint density at radius 3 is 2.79 bits per heavy atom. The minimum Gasteiger partial charge on any atom is -0.465 e. The van der Waals surface area contributed by atoms with Crippen LogP contribution in [0.4, 0.5) is 0 Å². The lowest BCUT2D eigenvalue weighted by Gasteiger charge is -2.46. The quantitative estimate of drug-likeness (QED) is 0.889. The average molecular weight is 265 g/mol. The lowest BCUT2D eigenvalue weighted by atomic mass is 9.82. The molecular formula is C15H23NO3. The number of aliphatic hydroxyl groups excluding tert-OH is 1. The summed E-state index contributed by atoms with van der Waals surface area (Å²) in [4.78, 5) is 2.38. The van der Waals surface area contributed by atoms with Gasteiger partial charge in [0.15, 0.2) is 0 Å². The molecule has 3 rings (SSSR count). The summed E-state index contributed by atoms with van der Waals surface area (Å²) in [6.07, 6.45) is 3.44. The fourth-order valence-electron chi connectivity index (χ4n) is 3.27. The van der Waals surface area contributed by atoms with Crippen LogP contribution in [0.1, 0.15) is 37.2 Å². The highest BCUT2D eigenvalue weighted by molar-refractivity contribution is 5.06. The van der Waals surface area contributed by atoms with Gasteiger partial charge in [0.25, 0.3) is 0 Å². The summed E-state index contributed by atoms with van der Waals surface area (Å²) < 4.78 is 11.5. The summed E-state index contributed by atoms with van der Waals surface area (Å²) >= 11 is 0. The van der Waals surface area contributed by atoms with E-state index in [2.05, 4.69) is 4.90 Å². The van der Waals surface area contributed by atoms with E-state index < -0.39 is 0 Å². The highest BCUT2D eigenvalue weighted by Crippen LogP contribution is 2.35. The van der Waals surface area contributed by atoms with E-state index in [1.807, 2.05) is 19.1 Å². The van der Waals surface area contributed by atoms with Gasteiger partial charge in [-0.05, 0) is 44.7 Å². The van der Waals surface area contributed by atoms with E-state index in [0.29, 0.717) is 0 Å². The van der Waals surface area contributed by atoms with Crippen LogP contribution in [0, 0.1) is 6.92 Å². The van der Waals surface area contributed by atoms with E-state index in [0.717, 1.165) is 63.4 Å². The topological polar surface area (TPSA) is 45.8 Å². The zero-order valence-electron chi connectivity index (χ0n) is 11.6. The number of aliphatic hydroxyl groups is 1. The van der Waals surface area contributed by atoms with Crippen molar-refractivity contribution in [2.75, 3.05) is 19.7 Å². The Balaban J connectivity index is 1.57. The first-order valence-electron chi connectivity index (χ1n) is 7.28. The van der Waals surface area contributed by atoms with Crippen molar-refractivity contribution in [3.8, 4) is 0 Å². The molecule has 0 amide bonds. The highest BCUT2D eigenvalue weighted by atomic mass is 16.5. The lowest BCUT2D eigenvalue weighted by molar-refractivity contribution is -0.177. The number of likely N-dealkylation sites (tertiary alicyclic amines) is 1. The van der Waals surface area contributed by atoms with Crippen molar-refractivity contribution in [1.29, 1.82) is 0 Å². The van der Waals surface area contributed by atoms with Crippen molar-refractivity contribution in [1.82, 2.24) is 4.90 Å². The molecule has 2 aliphatic rings. The van der Waals surface area contributed by atoms with E-state index in [1.54, 1.807) is 0 Å². The molecule has 1 aromatic heterocycles. The molecule has 2 aliphatic heterocycles. The molecule has 1 unspecified atom stereocenters. The maximum Gasteiger partial charge on any atom is 0.118 e. The van der Waals surface area contributed by atoms with Crippen LogP contribution in [0.15, 0.2) is 16.5 Å². The molecule has 1 N–H and O–H groups in total. The van der Waals surface area contributed by atoms with E-state index in [-0.39, 0.29) is 11.7 Å². The molecule has 0 aliphatic carbocycles. The van der Waals surface area contributed by atoms with Crippen molar-refractivity contribution in [2.24, 2.45) is 0 Å². The zero-order chi connectivity index (χ0) is 13.3. The third kappa shape index (κ3) is 2.71. The highest BCUT2D eigenvalue weighted by Gasteiger charge is 2.43. The Labute approximate surface area is 114 Å². The summed E-state index contributed by atoms with van der Waals surface area (Å²) in [5, 5.41) is 10.2. The Hall–Kier alpha value is -0.840. The van der Waals surface area contributed by atoms with E-state index in [1.165, 1.54) is 0 Å². The normalized spacial score (nSPS) is 27.8. The first-order chi connectivity index (χ1) is 9.18. The average Bonchev–Trinajstić information content (AvgIpc) is 2.81. The maximum atomic E-state index is 10.2. The summed E-state index contributed by atoms with van der Waals surface area (Å²) in [6.45, 7) is 5.57. The second-order valence-electron chi connectivity index (χ2n) is 5.86. The molecule has 2 fully saturated rings. The second kappa shape index (κ2) is 5.27. The Morgan fingerprint density at radius 1 is 1.37 bits per heavy atom. The molecule has 1 spiro atoms. The minimum absolute atomic E-state index is 0.270. The van der Waals surface area contributed by atoms with Crippen LogP contribution in [0.2, 0.25) is 0 Å². The number of rotatable bonds is 2. The summed E-state index contributed by atoms with van der Waals surface area (Å²) in [7, 11) is 0. The van der Waals surface area contributed by atoms with Gasteiger partial charge in [0.1, 0.15) is 11.5 Å².